The van der Waals surface area contributed by atoms with Crippen molar-refractivity contribution < 1.29 is 23.9 Å². The van der Waals surface area contributed by atoms with Crippen molar-refractivity contribution in [3.05, 3.63) is 53.6 Å². The Balaban J connectivity index is 1.33. The van der Waals surface area contributed by atoms with Crippen molar-refractivity contribution in [3.63, 3.8) is 0 Å². The van der Waals surface area contributed by atoms with Crippen molar-refractivity contribution in [1.29, 1.82) is 0 Å². The quantitative estimate of drug-likeness (QED) is 0.438. The summed E-state index contributed by atoms with van der Waals surface area (Å²) in [5.41, 5.74) is 2.74. The second kappa shape index (κ2) is 10.3. The Morgan fingerprint density at radius 1 is 0.941 bits per heavy atom. The number of carbonyl (C=O) groups excluding carboxylic acids is 3. The highest BCUT2D eigenvalue weighted by atomic mass is 16.5. The molecule has 2 amide bonds. The van der Waals surface area contributed by atoms with Crippen molar-refractivity contribution in [2.24, 2.45) is 0 Å². The van der Waals surface area contributed by atoms with Crippen molar-refractivity contribution in [2.45, 2.75) is 25.8 Å². The number of imide groups is 1. The Labute approximate surface area is 200 Å². The van der Waals surface area contributed by atoms with E-state index >= 15 is 0 Å². The minimum absolute atomic E-state index is 0.0523. The average Bonchev–Trinajstić information content (AvgIpc) is 3.15. The first-order valence-corrected chi connectivity index (χ1v) is 11.6. The molecule has 0 aliphatic carbocycles. The fourth-order valence-corrected chi connectivity index (χ4v) is 4.66. The highest BCUT2D eigenvalue weighted by Crippen LogP contribution is 2.28. The predicted molar refractivity (Wildman–Crippen MR) is 129 cm³/mol. The van der Waals surface area contributed by atoms with E-state index in [0.29, 0.717) is 43.1 Å². The van der Waals surface area contributed by atoms with Gasteiger partial charge in [-0.25, -0.2) is 0 Å². The third-order valence-electron chi connectivity index (χ3n) is 6.69. The maximum absolute atomic E-state index is 13.1. The molecule has 8 nitrogen and oxygen atoms in total. The number of Topliss-reactive ketones (excluding diaryl/α,β-unsaturated/α-hetero) is 1. The molecule has 0 unspecified atom stereocenters. The van der Waals surface area contributed by atoms with Crippen molar-refractivity contribution in [3.8, 4) is 11.5 Å². The van der Waals surface area contributed by atoms with E-state index in [4.69, 9.17) is 9.47 Å². The summed E-state index contributed by atoms with van der Waals surface area (Å²) in [7, 11) is 3.17. The Kier molecular flexibility index (Phi) is 7.17. The molecular formula is C26H31N3O5. The third kappa shape index (κ3) is 4.92. The highest BCUT2D eigenvalue weighted by Gasteiger charge is 2.42. The number of hydrogen-bond donors (Lipinski definition) is 0. The van der Waals surface area contributed by atoms with E-state index in [9.17, 15) is 14.4 Å². The van der Waals surface area contributed by atoms with Gasteiger partial charge < -0.3 is 14.4 Å². The van der Waals surface area contributed by atoms with Crippen LogP contribution >= 0.6 is 0 Å². The summed E-state index contributed by atoms with van der Waals surface area (Å²) in [5, 5.41) is 0. The summed E-state index contributed by atoms with van der Waals surface area (Å²) in [6.07, 6.45) is 0.798. The molecule has 0 radical (unpaired) electrons. The van der Waals surface area contributed by atoms with Crippen LogP contribution in [0, 0.1) is 0 Å². The molecule has 2 heterocycles. The molecule has 2 aromatic rings. The first-order chi connectivity index (χ1) is 16.4. The predicted octanol–water partition coefficient (Wildman–Crippen LogP) is 2.40. The molecule has 0 bridgehead atoms. The molecule has 2 aliphatic heterocycles. The molecule has 1 atom stereocenters. The van der Waals surface area contributed by atoms with Crippen molar-refractivity contribution in [1.82, 2.24) is 9.80 Å². The van der Waals surface area contributed by atoms with Gasteiger partial charge in [-0.3, -0.25) is 24.2 Å². The number of likely N-dealkylation sites (tertiary alicyclic amines) is 1. The van der Waals surface area contributed by atoms with Gasteiger partial charge in [0.2, 0.25) is 11.8 Å². The summed E-state index contributed by atoms with van der Waals surface area (Å²) in [6, 6.07) is 12.9. The zero-order valence-corrected chi connectivity index (χ0v) is 20.0. The number of amides is 2. The minimum atomic E-state index is -0.389. The number of benzene rings is 2. The molecule has 0 N–H and O–H groups in total. The second-order valence-electron chi connectivity index (χ2n) is 8.67. The lowest BCUT2D eigenvalue weighted by Crippen LogP contribution is -2.52. The van der Waals surface area contributed by atoms with Gasteiger partial charge in [0.05, 0.1) is 26.7 Å². The molecule has 0 saturated carbocycles. The van der Waals surface area contributed by atoms with Gasteiger partial charge in [0, 0.05) is 44.0 Å². The monoisotopic (exact) mass is 465 g/mol. The summed E-state index contributed by atoms with van der Waals surface area (Å²) in [6.45, 7) is 4.87. The van der Waals surface area contributed by atoms with Crippen molar-refractivity contribution in [2.75, 3.05) is 51.8 Å². The number of hydrogen-bond acceptors (Lipinski definition) is 7. The molecule has 2 aromatic carbocycles. The van der Waals surface area contributed by atoms with Gasteiger partial charge in [-0.1, -0.05) is 6.07 Å². The van der Waals surface area contributed by atoms with Gasteiger partial charge in [0.25, 0.3) is 0 Å². The lowest BCUT2D eigenvalue weighted by Gasteiger charge is -2.38. The topological polar surface area (TPSA) is 79.4 Å². The molecule has 0 spiro atoms. The maximum Gasteiger partial charge on any atom is 0.247 e. The van der Waals surface area contributed by atoms with Crippen LogP contribution in [-0.2, 0) is 16.0 Å². The Morgan fingerprint density at radius 2 is 1.62 bits per heavy atom. The number of piperazine rings is 1. The van der Waals surface area contributed by atoms with Gasteiger partial charge in [-0.2, -0.15) is 0 Å². The molecular weight excluding hydrogens is 434 g/mol. The molecule has 2 fully saturated rings. The van der Waals surface area contributed by atoms with Crippen LogP contribution in [0.1, 0.15) is 29.3 Å². The number of nitrogens with zero attached hydrogens (tertiary/aromatic N) is 3. The van der Waals surface area contributed by atoms with E-state index in [-0.39, 0.29) is 30.1 Å². The van der Waals surface area contributed by atoms with E-state index in [1.165, 1.54) is 4.90 Å². The highest BCUT2D eigenvalue weighted by molar-refractivity contribution is 6.05. The second-order valence-corrected chi connectivity index (χ2v) is 8.67. The number of rotatable bonds is 8. The molecule has 4 rings (SSSR count). The lowest BCUT2D eigenvalue weighted by atomic mass is 10.1. The molecule has 34 heavy (non-hydrogen) atoms. The standard InChI is InChI=1S/C26H31N3O5/c1-18(30)20-5-7-21(8-6-20)27-12-14-28(15-13-27)22-17-25(31)29(26(22)32)11-10-19-4-9-23(33-2)24(16-19)34-3/h4-9,16,22H,10-15,17H2,1-3H3/t22-/m1/s1. The van der Waals surface area contributed by atoms with Crippen LogP contribution in [0.4, 0.5) is 5.69 Å². The molecule has 0 aromatic heterocycles. The summed E-state index contributed by atoms with van der Waals surface area (Å²) >= 11 is 0. The summed E-state index contributed by atoms with van der Waals surface area (Å²) in [4.78, 5) is 43.0. The van der Waals surface area contributed by atoms with Crippen LogP contribution < -0.4 is 14.4 Å². The van der Waals surface area contributed by atoms with E-state index in [1.54, 1.807) is 21.1 Å². The minimum Gasteiger partial charge on any atom is -0.493 e. The van der Waals surface area contributed by atoms with E-state index in [1.807, 2.05) is 42.5 Å². The molecule has 180 valence electrons. The Morgan fingerprint density at radius 3 is 2.24 bits per heavy atom. The van der Waals surface area contributed by atoms with Crippen LogP contribution in [0.2, 0.25) is 0 Å². The fraction of sp³-hybridized carbons (Fsp3) is 0.423. The normalized spacial score (nSPS) is 19.0. The number of ketones is 1. The van der Waals surface area contributed by atoms with E-state index in [2.05, 4.69) is 9.80 Å². The fourth-order valence-electron chi connectivity index (χ4n) is 4.66. The largest absolute Gasteiger partial charge is 0.493 e. The molecule has 2 saturated heterocycles. The van der Waals surface area contributed by atoms with Gasteiger partial charge in [-0.05, 0) is 55.3 Å². The zero-order chi connectivity index (χ0) is 24.2. The first kappa shape index (κ1) is 23.8. The smallest absolute Gasteiger partial charge is 0.247 e. The number of methoxy groups -OCH3 is 2. The van der Waals surface area contributed by atoms with Crippen molar-refractivity contribution >= 4 is 23.3 Å². The zero-order valence-electron chi connectivity index (χ0n) is 20.0. The molecule has 2 aliphatic rings. The van der Waals surface area contributed by atoms with Crippen LogP contribution in [-0.4, -0.2) is 80.4 Å². The van der Waals surface area contributed by atoms with Crippen LogP contribution in [0.5, 0.6) is 11.5 Å². The van der Waals surface area contributed by atoms with Gasteiger partial charge in [-0.15, -0.1) is 0 Å². The number of carbonyl (C=O) groups is 3. The Hall–Kier alpha value is -3.39. The van der Waals surface area contributed by atoms with Crippen LogP contribution in [0.25, 0.3) is 0 Å². The van der Waals surface area contributed by atoms with E-state index < -0.39 is 0 Å². The van der Waals surface area contributed by atoms with Crippen LogP contribution in [0.3, 0.4) is 0 Å². The summed E-state index contributed by atoms with van der Waals surface area (Å²) in [5.74, 6) is 1.11. The molecule has 8 heteroatoms. The SMILES string of the molecule is COc1ccc(CCN2C(=O)C[C@@H](N3CCN(c4ccc(C(C)=O)cc4)CC3)C2=O)cc1OC. The van der Waals surface area contributed by atoms with Gasteiger partial charge in [0.15, 0.2) is 17.3 Å². The first-order valence-electron chi connectivity index (χ1n) is 11.6. The number of anilines is 1. The van der Waals surface area contributed by atoms with Gasteiger partial charge >= 0.3 is 0 Å². The maximum atomic E-state index is 13.1. The lowest BCUT2D eigenvalue weighted by molar-refractivity contribution is -0.139. The number of ether oxygens (including phenoxy) is 2. The van der Waals surface area contributed by atoms with E-state index in [0.717, 1.165) is 24.3 Å². The van der Waals surface area contributed by atoms with Crippen LogP contribution in [0.15, 0.2) is 42.5 Å². The third-order valence-corrected chi connectivity index (χ3v) is 6.69. The Bertz CT molecular complexity index is 1060. The average molecular weight is 466 g/mol. The van der Waals surface area contributed by atoms with Gasteiger partial charge in [0.1, 0.15) is 0 Å². The summed E-state index contributed by atoms with van der Waals surface area (Å²) < 4.78 is 10.6.